The summed E-state index contributed by atoms with van der Waals surface area (Å²) in [5.74, 6) is 1.44. The van der Waals surface area contributed by atoms with E-state index in [0.717, 1.165) is 37.0 Å². The molecule has 0 aliphatic rings. The van der Waals surface area contributed by atoms with Crippen LogP contribution in [0.2, 0.25) is 0 Å². The van der Waals surface area contributed by atoms with Crippen LogP contribution in [0.25, 0.3) is 11.4 Å². The van der Waals surface area contributed by atoms with E-state index in [1.807, 2.05) is 18.2 Å². The Morgan fingerprint density at radius 1 is 0.841 bits per heavy atom. The number of nitriles is 1. The molecule has 2 aromatic heterocycles. The van der Waals surface area contributed by atoms with Gasteiger partial charge in [0.05, 0.1) is 11.4 Å². The maximum absolute atomic E-state index is 9.74. The average Bonchev–Trinajstić information content (AvgIpc) is 3.49. The minimum atomic E-state index is 0.556. The molecule has 6 nitrogen and oxygen atoms in total. The van der Waals surface area contributed by atoms with Gasteiger partial charge in [0, 0.05) is 25.0 Å². The number of aryl methyl sites for hydroxylation is 1. The van der Waals surface area contributed by atoms with Crippen molar-refractivity contribution in [2.75, 3.05) is 28.8 Å². The van der Waals surface area contributed by atoms with Crippen LogP contribution in [0.3, 0.4) is 0 Å². The summed E-state index contributed by atoms with van der Waals surface area (Å²) >= 11 is 1.35. The molecule has 2 heterocycles. The third-order valence-electron chi connectivity index (χ3n) is 8.74. The van der Waals surface area contributed by atoms with Gasteiger partial charge in [0.25, 0.3) is 0 Å². The molecule has 0 radical (unpaired) electrons. The van der Waals surface area contributed by atoms with Crippen LogP contribution in [0, 0.1) is 23.2 Å². The van der Waals surface area contributed by atoms with Gasteiger partial charge in [0.1, 0.15) is 16.6 Å². The highest BCUT2D eigenvalue weighted by Gasteiger charge is 2.19. The van der Waals surface area contributed by atoms with E-state index in [1.54, 1.807) is 6.20 Å². The second kappa shape index (κ2) is 20.0. The molecular weight excluding hydrogens is 561 g/mol. The molecule has 0 saturated carbocycles. The lowest BCUT2D eigenvalue weighted by molar-refractivity contribution is 0.403. The van der Waals surface area contributed by atoms with E-state index in [-0.39, 0.29) is 0 Å². The fourth-order valence-electron chi connectivity index (χ4n) is 5.84. The van der Waals surface area contributed by atoms with Crippen LogP contribution >= 0.6 is 11.3 Å². The van der Waals surface area contributed by atoms with Crippen molar-refractivity contribution in [1.82, 2.24) is 9.97 Å². The van der Waals surface area contributed by atoms with E-state index >= 15 is 0 Å². The summed E-state index contributed by atoms with van der Waals surface area (Å²) < 4.78 is 0. The molecule has 0 spiro atoms. The van der Waals surface area contributed by atoms with E-state index in [2.05, 4.69) is 79.6 Å². The Labute approximate surface area is 271 Å². The van der Waals surface area contributed by atoms with Crippen molar-refractivity contribution < 1.29 is 0 Å². The predicted octanol–water partition coefficient (Wildman–Crippen LogP) is 10.9. The molecule has 3 rings (SSSR count). The van der Waals surface area contributed by atoms with Crippen LogP contribution in [0.4, 0.5) is 16.5 Å². The first kappa shape index (κ1) is 35.4. The quantitative estimate of drug-likeness (QED) is 0.0864. The van der Waals surface area contributed by atoms with Gasteiger partial charge in [0.2, 0.25) is 5.13 Å². The Morgan fingerprint density at radius 3 is 2.14 bits per heavy atom. The van der Waals surface area contributed by atoms with Gasteiger partial charge in [-0.3, -0.25) is 15.8 Å². The Balaban J connectivity index is 1.87. The Bertz CT molecular complexity index is 1230. The minimum Gasteiger partial charge on any atom is -0.371 e. The van der Waals surface area contributed by atoms with Gasteiger partial charge in [-0.1, -0.05) is 110 Å². The molecule has 7 heteroatoms. The highest BCUT2D eigenvalue weighted by atomic mass is 32.1. The molecule has 2 N–H and O–H groups in total. The molecular formula is C37H56N6S. The number of thiazole rings is 1. The van der Waals surface area contributed by atoms with Crippen molar-refractivity contribution >= 4 is 27.8 Å². The molecule has 0 aliphatic heterocycles. The molecule has 1 aromatic carbocycles. The monoisotopic (exact) mass is 616 g/mol. The largest absolute Gasteiger partial charge is 0.371 e. The number of aromatic nitrogens is 2. The summed E-state index contributed by atoms with van der Waals surface area (Å²) in [6.45, 7) is 13.9. The van der Waals surface area contributed by atoms with Gasteiger partial charge in [-0.25, -0.2) is 4.98 Å². The van der Waals surface area contributed by atoms with E-state index in [1.165, 1.54) is 99.6 Å². The third-order valence-corrected chi connectivity index (χ3v) is 9.61. The fourth-order valence-corrected chi connectivity index (χ4v) is 6.56. The number of nitrogens with zero attached hydrogens (tertiary/aromatic N) is 4. The van der Waals surface area contributed by atoms with Gasteiger partial charge in [-0.15, -0.1) is 0 Å². The number of unbranched alkanes of at least 4 members (excludes halogenated alkanes) is 5. The molecule has 0 amide bonds. The molecule has 0 aliphatic carbocycles. The second-order valence-corrected chi connectivity index (χ2v) is 13.2. The molecule has 240 valence electrons. The van der Waals surface area contributed by atoms with Gasteiger partial charge < -0.3 is 4.90 Å². The zero-order chi connectivity index (χ0) is 31.6. The van der Waals surface area contributed by atoms with Crippen LogP contribution in [0.1, 0.15) is 122 Å². The maximum Gasteiger partial charge on any atom is 0.203 e. The molecule has 3 aromatic rings. The van der Waals surface area contributed by atoms with Crippen molar-refractivity contribution in [2.24, 2.45) is 11.8 Å². The van der Waals surface area contributed by atoms with Crippen molar-refractivity contribution in [3.63, 3.8) is 0 Å². The van der Waals surface area contributed by atoms with E-state index < -0.39 is 0 Å². The number of hydrogen-bond acceptors (Lipinski definition) is 7. The number of hydrogen-bond donors (Lipinski definition) is 2. The number of hydrazine groups is 1. The van der Waals surface area contributed by atoms with E-state index in [4.69, 9.17) is 4.98 Å². The Morgan fingerprint density at radius 2 is 1.55 bits per heavy atom. The van der Waals surface area contributed by atoms with Gasteiger partial charge in [0.15, 0.2) is 0 Å². The van der Waals surface area contributed by atoms with Crippen molar-refractivity contribution in [3.05, 3.63) is 53.0 Å². The van der Waals surface area contributed by atoms with Crippen molar-refractivity contribution in [2.45, 2.75) is 118 Å². The Hall–Kier alpha value is -3.11. The first-order valence-corrected chi connectivity index (χ1v) is 18.1. The zero-order valence-electron chi connectivity index (χ0n) is 28.0. The average molecular weight is 617 g/mol. The van der Waals surface area contributed by atoms with Crippen LogP contribution < -0.4 is 15.8 Å². The van der Waals surface area contributed by atoms with E-state index in [9.17, 15) is 5.26 Å². The topological polar surface area (TPSA) is 76.9 Å². The number of pyridine rings is 1. The molecule has 0 bridgehead atoms. The number of benzene rings is 1. The summed E-state index contributed by atoms with van der Waals surface area (Å²) in [5.41, 5.74) is 11.9. The normalized spacial score (nSPS) is 12.5. The fraction of sp³-hybridized carbons (Fsp3) is 0.595. The maximum atomic E-state index is 9.74. The first-order valence-electron chi connectivity index (χ1n) is 17.3. The lowest BCUT2D eigenvalue weighted by Crippen LogP contribution is -2.34. The van der Waals surface area contributed by atoms with Gasteiger partial charge in [-0.2, -0.15) is 5.26 Å². The van der Waals surface area contributed by atoms with Crippen molar-refractivity contribution in [3.8, 4) is 17.5 Å². The highest BCUT2D eigenvalue weighted by Crippen LogP contribution is 2.32. The smallest absolute Gasteiger partial charge is 0.203 e. The summed E-state index contributed by atoms with van der Waals surface area (Å²) in [7, 11) is 0. The van der Waals surface area contributed by atoms with Gasteiger partial charge >= 0.3 is 0 Å². The van der Waals surface area contributed by atoms with Crippen LogP contribution in [-0.4, -0.2) is 23.1 Å². The molecule has 44 heavy (non-hydrogen) atoms. The van der Waals surface area contributed by atoms with E-state index in [0.29, 0.717) is 21.4 Å². The van der Waals surface area contributed by atoms with Gasteiger partial charge in [-0.05, 0) is 73.4 Å². The predicted molar refractivity (Wildman–Crippen MR) is 190 cm³/mol. The zero-order valence-corrected chi connectivity index (χ0v) is 28.8. The number of nitrogens with one attached hydrogen (secondary N) is 2. The lowest BCUT2D eigenvalue weighted by Gasteiger charge is -2.33. The van der Waals surface area contributed by atoms with Crippen LogP contribution in [0.5, 0.6) is 0 Å². The van der Waals surface area contributed by atoms with Crippen LogP contribution in [-0.2, 0) is 6.42 Å². The molecule has 2 atom stereocenters. The first-order chi connectivity index (χ1) is 21.6. The SMILES string of the molecule is CCCCCCc1cc(N(CC(CC)CCCC)CC(CC)CCCC)ccc1NNc1nc(-c2ccccn2)c(C#N)s1. The van der Waals surface area contributed by atoms with Crippen LogP contribution in [0.15, 0.2) is 42.6 Å². The number of rotatable bonds is 22. The third kappa shape index (κ3) is 11.1. The summed E-state index contributed by atoms with van der Waals surface area (Å²) in [4.78, 5) is 12.4. The second-order valence-electron chi connectivity index (χ2n) is 12.2. The minimum absolute atomic E-state index is 0.556. The molecule has 2 unspecified atom stereocenters. The molecule has 0 saturated heterocycles. The standard InChI is InChI=1S/C37H56N6S/c1-6-11-14-15-20-31-25-32(43(27-29(9-4)18-12-7-2)28-30(10-5)19-13-8-3)22-23-33(31)41-42-37-40-36(35(26-38)44-37)34-21-16-17-24-39-34/h16-17,21-25,29-30,41H,6-15,18-20,27-28H2,1-5H3,(H,40,42). The number of anilines is 3. The highest BCUT2D eigenvalue weighted by molar-refractivity contribution is 7.16. The lowest BCUT2D eigenvalue weighted by atomic mass is 9.95. The summed E-state index contributed by atoms with van der Waals surface area (Å²) in [5, 5.41) is 10.4. The Kier molecular flexibility index (Phi) is 16.1. The molecule has 0 fully saturated rings. The summed E-state index contributed by atoms with van der Waals surface area (Å²) in [6.07, 6.45) is 17.9. The van der Waals surface area contributed by atoms with Crippen molar-refractivity contribution in [1.29, 1.82) is 5.26 Å². The summed E-state index contributed by atoms with van der Waals surface area (Å²) in [6, 6.07) is 15.0.